The van der Waals surface area contributed by atoms with Gasteiger partial charge in [0, 0.05) is 18.1 Å². The monoisotopic (exact) mass is 465 g/mol. The molecule has 2 aromatic heterocycles. The predicted molar refractivity (Wildman–Crippen MR) is 125 cm³/mol. The number of nitrogens with zero attached hydrogens (tertiary/aromatic N) is 4. The van der Waals surface area contributed by atoms with E-state index in [0.717, 1.165) is 5.56 Å². The minimum Gasteiger partial charge on any atom is -0.394 e. The molecule has 0 aliphatic rings. The molecule has 4 N–H and O–H groups in total. The number of aliphatic hydroxyl groups excluding tert-OH is 1. The van der Waals surface area contributed by atoms with E-state index in [2.05, 4.69) is 35.8 Å². The molecule has 1 atom stereocenters. The third kappa shape index (κ3) is 5.16. The van der Waals surface area contributed by atoms with Crippen LogP contribution in [0.15, 0.2) is 66.0 Å². The smallest absolute Gasteiger partial charge is 0.229 e. The second kappa shape index (κ2) is 9.35. The van der Waals surface area contributed by atoms with Gasteiger partial charge in [-0.15, -0.1) is 0 Å². The van der Waals surface area contributed by atoms with E-state index in [1.807, 2.05) is 30.3 Å². The molecule has 0 fully saturated rings. The second-order valence-electron chi connectivity index (χ2n) is 7.46. The first-order chi connectivity index (χ1) is 15.8. The highest BCUT2D eigenvalue weighted by Gasteiger charge is 2.18. The molecule has 0 radical (unpaired) electrons. The lowest BCUT2D eigenvalue weighted by Gasteiger charge is -2.19. The summed E-state index contributed by atoms with van der Waals surface area (Å²) in [6.07, 6.45) is 4.16. The fourth-order valence-corrected chi connectivity index (χ4v) is 4.38. The highest BCUT2D eigenvalue weighted by atomic mass is 32.2. The Labute approximate surface area is 191 Å². The number of aliphatic hydroxyl groups is 1. The number of aromatic nitrogens is 5. The van der Waals surface area contributed by atoms with E-state index in [1.165, 1.54) is 12.6 Å². The third-order valence-corrected chi connectivity index (χ3v) is 6.24. The van der Waals surface area contributed by atoms with Crippen LogP contribution in [0.4, 0.5) is 17.5 Å². The highest BCUT2D eigenvalue weighted by molar-refractivity contribution is 7.90. The van der Waals surface area contributed by atoms with Crippen molar-refractivity contribution in [1.29, 1.82) is 0 Å². The Morgan fingerprint density at radius 2 is 1.91 bits per heavy atom. The SMILES string of the molecule is Cc1cc(Nc2ncc(-c3ncn[nH]3)c(N[C@H](CO)c3ccccc3)n2)ccc1S(C)(=O)=O. The van der Waals surface area contributed by atoms with E-state index >= 15 is 0 Å². The predicted octanol–water partition coefficient (Wildman–Crippen LogP) is 2.86. The normalized spacial score (nSPS) is 12.3. The zero-order chi connectivity index (χ0) is 23.4. The van der Waals surface area contributed by atoms with Crippen molar-refractivity contribution in [1.82, 2.24) is 25.1 Å². The van der Waals surface area contributed by atoms with Gasteiger partial charge in [0.05, 0.1) is 23.1 Å². The Balaban J connectivity index is 1.67. The maximum Gasteiger partial charge on any atom is 0.229 e. The summed E-state index contributed by atoms with van der Waals surface area (Å²) in [5, 5.41) is 23.0. The van der Waals surface area contributed by atoms with Gasteiger partial charge in [0.1, 0.15) is 12.1 Å². The van der Waals surface area contributed by atoms with E-state index < -0.39 is 15.9 Å². The van der Waals surface area contributed by atoms with E-state index in [9.17, 15) is 13.5 Å². The molecule has 170 valence electrons. The van der Waals surface area contributed by atoms with Gasteiger partial charge in [-0.1, -0.05) is 30.3 Å². The molecule has 0 saturated carbocycles. The van der Waals surface area contributed by atoms with Gasteiger partial charge in [-0.25, -0.2) is 18.4 Å². The van der Waals surface area contributed by atoms with Crippen LogP contribution in [0.2, 0.25) is 0 Å². The lowest BCUT2D eigenvalue weighted by atomic mass is 10.1. The van der Waals surface area contributed by atoms with Crippen molar-refractivity contribution in [3.8, 4) is 11.4 Å². The quantitative estimate of drug-likeness (QED) is 0.308. The van der Waals surface area contributed by atoms with Gasteiger partial charge in [-0.2, -0.15) is 10.1 Å². The molecule has 2 aromatic carbocycles. The number of anilines is 3. The Bertz CT molecular complexity index is 1340. The van der Waals surface area contributed by atoms with Crippen LogP contribution in [0, 0.1) is 6.92 Å². The summed E-state index contributed by atoms with van der Waals surface area (Å²) >= 11 is 0. The van der Waals surface area contributed by atoms with Crippen LogP contribution in [0.25, 0.3) is 11.4 Å². The molecule has 11 heteroatoms. The lowest BCUT2D eigenvalue weighted by molar-refractivity contribution is 0.276. The minimum absolute atomic E-state index is 0.154. The molecule has 10 nitrogen and oxygen atoms in total. The number of aryl methyl sites for hydroxylation is 1. The largest absolute Gasteiger partial charge is 0.394 e. The molecule has 0 saturated heterocycles. The molecule has 0 spiro atoms. The number of hydrogen-bond acceptors (Lipinski definition) is 9. The van der Waals surface area contributed by atoms with E-state index in [1.54, 1.807) is 31.3 Å². The number of nitrogens with one attached hydrogen (secondary N) is 3. The Morgan fingerprint density at radius 3 is 2.55 bits per heavy atom. The number of aromatic amines is 1. The van der Waals surface area contributed by atoms with Crippen molar-refractivity contribution in [2.24, 2.45) is 0 Å². The van der Waals surface area contributed by atoms with Crippen molar-refractivity contribution in [3.05, 3.63) is 72.2 Å². The maximum absolute atomic E-state index is 11.9. The van der Waals surface area contributed by atoms with Gasteiger partial charge in [0.2, 0.25) is 5.95 Å². The summed E-state index contributed by atoms with van der Waals surface area (Å²) in [5.74, 6) is 1.20. The van der Waals surface area contributed by atoms with Crippen molar-refractivity contribution < 1.29 is 13.5 Å². The van der Waals surface area contributed by atoms with Crippen molar-refractivity contribution in [2.45, 2.75) is 17.9 Å². The Hall–Kier alpha value is -3.83. The standard InChI is InChI=1S/C22H23N7O3S/c1-14-10-16(8-9-19(14)33(2,31)32)26-22-23-11-17(20-24-13-25-29-20)21(28-22)27-18(12-30)15-6-4-3-5-7-15/h3-11,13,18,30H,12H2,1-2H3,(H,24,25,29)(H2,23,26,27,28)/t18-/m1/s1. The van der Waals surface area contributed by atoms with Gasteiger partial charge in [0.15, 0.2) is 15.7 Å². The van der Waals surface area contributed by atoms with Crippen LogP contribution < -0.4 is 10.6 Å². The number of sulfone groups is 1. The fraction of sp³-hybridized carbons (Fsp3) is 0.182. The first kappa shape index (κ1) is 22.4. The summed E-state index contributed by atoms with van der Waals surface area (Å²) in [5.41, 5.74) is 2.73. The van der Waals surface area contributed by atoms with Crippen LogP contribution in [0.1, 0.15) is 17.2 Å². The minimum atomic E-state index is -3.31. The molecule has 0 aliphatic carbocycles. The first-order valence-corrected chi connectivity index (χ1v) is 12.0. The van der Waals surface area contributed by atoms with Crippen molar-refractivity contribution in [3.63, 3.8) is 0 Å². The highest BCUT2D eigenvalue weighted by Crippen LogP contribution is 2.28. The van der Waals surface area contributed by atoms with Gasteiger partial charge >= 0.3 is 0 Å². The second-order valence-corrected chi connectivity index (χ2v) is 9.44. The molecule has 33 heavy (non-hydrogen) atoms. The molecule has 0 aliphatic heterocycles. The summed E-state index contributed by atoms with van der Waals surface area (Å²) < 4.78 is 23.8. The van der Waals surface area contributed by atoms with Gasteiger partial charge in [0.25, 0.3) is 0 Å². The van der Waals surface area contributed by atoms with Crippen molar-refractivity contribution >= 4 is 27.3 Å². The number of H-pyrrole nitrogens is 1. The summed E-state index contributed by atoms with van der Waals surface area (Å²) in [6, 6.07) is 14.0. The van der Waals surface area contributed by atoms with Gasteiger partial charge in [-0.05, 0) is 36.2 Å². The third-order valence-electron chi connectivity index (χ3n) is 4.98. The number of rotatable bonds is 8. The molecular formula is C22H23N7O3S. The van der Waals surface area contributed by atoms with E-state index in [-0.39, 0.29) is 17.5 Å². The molecule has 2 heterocycles. The summed E-state index contributed by atoms with van der Waals surface area (Å²) in [4.78, 5) is 13.4. The van der Waals surface area contributed by atoms with E-state index in [4.69, 9.17) is 0 Å². The average molecular weight is 466 g/mol. The molecule has 0 bridgehead atoms. The van der Waals surface area contributed by atoms with Gasteiger partial charge in [-0.3, -0.25) is 5.10 Å². The van der Waals surface area contributed by atoms with Crippen LogP contribution >= 0.6 is 0 Å². The van der Waals surface area contributed by atoms with Crippen LogP contribution in [0.5, 0.6) is 0 Å². The number of hydrogen-bond donors (Lipinski definition) is 4. The molecule has 4 aromatic rings. The first-order valence-electron chi connectivity index (χ1n) is 10.1. The topological polar surface area (TPSA) is 146 Å². The zero-order valence-corrected chi connectivity index (χ0v) is 18.8. The summed E-state index contributed by atoms with van der Waals surface area (Å²) in [7, 11) is -3.31. The molecule has 4 rings (SSSR count). The van der Waals surface area contributed by atoms with Crippen molar-refractivity contribution in [2.75, 3.05) is 23.5 Å². The average Bonchev–Trinajstić information content (AvgIpc) is 3.32. The van der Waals surface area contributed by atoms with Crippen LogP contribution in [-0.2, 0) is 9.84 Å². The summed E-state index contributed by atoms with van der Waals surface area (Å²) in [6.45, 7) is 1.58. The zero-order valence-electron chi connectivity index (χ0n) is 18.0. The van der Waals surface area contributed by atoms with Gasteiger partial charge < -0.3 is 15.7 Å². The van der Waals surface area contributed by atoms with E-state index in [0.29, 0.717) is 28.5 Å². The van der Waals surface area contributed by atoms with Crippen LogP contribution in [0.3, 0.4) is 0 Å². The van der Waals surface area contributed by atoms with Crippen LogP contribution in [-0.4, -0.2) is 51.5 Å². The molecular weight excluding hydrogens is 442 g/mol. The maximum atomic E-state index is 11.9. The lowest BCUT2D eigenvalue weighted by Crippen LogP contribution is -2.17. The Morgan fingerprint density at radius 1 is 1.12 bits per heavy atom. The number of benzene rings is 2. The Kier molecular flexibility index (Phi) is 6.33. The molecule has 0 unspecified atom stereocenters. The molecule has 0 amide bonds. The fourth-order valence-electron chi connectivity index (χ4n) is 3.42.